The first-order chi connectivity index (χ1) is 9.56. The molecule has 0 aliphatic rings. The zero-order valence-electron chi connectivity index (χ0n) is 10.6. The van der Waals surface area contributed by atoms with Crippen molar-refractivity contribution in [1.82, 2.24) is 0 Å². The van der Waals surface area contributed by atoms with E-state index in [1.165, 1.54) is 0 Å². The van der Waals surface area contributed by atoms with Gasteiger partial charge in [-0.15, -0.1) is 0 Å². The number of ether oxygens (including phenoxy) is 1. The van der Waals surface area contributed by atoms with E-state index in [2.05, 4.69) is 11.7 Å². The molecule has 0 aliphatic heterocycles. The second-order valence-corrected chi connectivity index (χ2v) is 4.14. The third kappa shape index (κ3) is 3.57. The third-order valence-corrected chi connectivity index (χ3v) is 2.45. The Hall–Kier alpha value is -0.810. The fraction of sp³-hybridized carbons (Fsp3) is 0.900. The smallest absolute Gasteiger partial charge is 0.381 e. The lowest BCUT2D eigenvalue weighted by Crippen LogP contribution is -2.66. The van der Waals surface area contributed by atoms with E-state index in [0.717, 1.165) is 0 Å². The predicted octanol–water partition coefficient (Wildman–Crippen LogP) is 4.72. The van der Waals surface area contributed by atoms with Crippen LogP contribution in [0.25, 0.3) is 0 Å². The van der Waals surface area contributed by atoms with Gasteiger partial charge < -0.3 is 4.74 Å². The van der Waals surface area contributed by atoms with Gasteiger partial charge in [-0.1, -0.05) is 6.92 Å². The lowest BCUT2D eigenvalue weighted by Gasteiger charge is -2.37. The zero-order valence-corrected chi connectivity index (χ0v) is 10.6. The highest BCUT2D eigenvalue weighted by molar-refractivity contribution is 5.06. The highest BCUT2D eigenvalue weighted by Gasteiger charge is 2.86. The lowest BCUT2D eigenvalue weighted by atomic mass is 9.96. The molecule has 0 aliphatic carbocycles. The Morgan fingerprint density at radius 1 is 0.636 bits per heavy atom. The molecule has 0 heterocycles. The van der Waals surface area contributed by atoms with Gasteiger partial charge in [0.2, 0.25) is 0 Å². The average Bonchev–Trinajstić information content (AvgIpc) is 2.32. The molecule has 0 atom stereocenters. The van der Waals surface area contributed by atoms with Gasteiger partial charge >= 0.3 is 29.9 Å². The fourth-order valence-electron chi connectivity index (χ4n) is 1.17. The summed E-state index contributed by atoms with van der Waals surface area (Å²) in [5.41, 5.74) is 0. The van der Waals surface area contributed by atoms with E-state index in [-0.39, 0.29) is 13.0 Å². The van der Waals surface area contributed by atoms with Gasteiger partial charge in [-0.25, -0.2) is 0 Å². The van der Waals surface area contributed by atoms with E-state index in [1.807, 2.05) is 0 Å². The van der Waals surface area contributed by atoms with E-state index in [1.54, 1.807) is 0 Å². The van der Waals surface area contributed by atoms with Crippen molar-refractivity contribution in [1.29, 1.82) is 0 Å². The predicted molar refractivity (Wildman–Crippen MR) is 51.3 cm³/mol. The second kappa shape index (κ2) is 6.36. The van der Waals surface area contributed by atoms with Crippen molar-refractivity contribution >= 4 is 0 Å². The van der Waals surface area contributed by atoms with Gasteiger partial charge in [0.05, 0.1) is 6.61 Å². The highest BCUT2D eigenvalue weighted by atomic mass is 19.4. The van der Waals surface area contributed by atoms with Crippen LogP contribution in [0.5, 0.6) is 0 Å². The van der Waals surface area contributed by atoms with Crippen LogP contribution in [-0.4, -0.2) is 43.1 Å². The molecule has 0 bridgehead atoms. The van der Waals surface area contributed by atoms with Crippen LogP contribution in [0.4, 0.5) is 48.3 Å². The number of halogens is 11. The molecule has 0 saturated carbocycles. The monoisotopic (exact) mass is 355 g/mol. The van der Waals surface area contributed by atoms with Gasteiger partial charge in [-0.3, -0.25) is 0 Å². The minimum absolute atomic E-state index is 0.00423. The largest absolute Gasteiger partial charge is 0.460 e. The molecule has 1 radical (unpaired) electrons. The molecule has 1 nitrogen and oxygen atoms in total. The topological polar surface area (TPSA) is 9.23 Å². The zero-order chi connectivity index (χ0) is 18.0. The van der Waals surface area contributed by atoms with Crippen LogP contribution >= 0.6 is 0 Å². The lowest BCUT2D eigenvalue weighted by molar-refractivity contribution is -0.422. The Morgan fingerprint density at radius 3 is 1.45 bits per heavy atom. The molecule has 0 aromatic heterocycles. The summed E-state index contributed by atoms with van der Waals surface area (Å²) in [4.78, 5) is 0. The minimum atomic E-state index is -7.35. The van der Waals surface area contributed by atoms with Crippen LogP contribution < -0.4 is 0 Å². The van der Waals surface area contributed by atoms with Crippen molar-refractivity contribution in [2.24, 2.45) is 0 Å². The number of alkyl halides is 11. The first-order valence-corrected chi connectivity index (χ1v) is 5.51. The van der Waals surface area contributed by atoms with E-state index >= 15 is 0 Å². The van der Waals surface area contributed by atoms with Crippen molar-refractivity contribution in [2.45, 2.75) is 42.7 Å². The van der Waals surface area contributed by atoms with Crippen LogP contribution in [-0.2, 0) is 4.74 Å². The van der Waals surface area contributed by atoms with Gasteiger partial charge in [0.25, 0.3) is 0 Å². The summed E-state index contributed by atoms with van der Waals surface area (Å²) in [6.45, 7) is 1.58. The summed E-state index contributed by atoms with van der Waals surface area (Å²) in [5.74, 6) is -27.5. The summed E-state index contributed by atoms with van der Waals surface area (Å²) < 4.78 is 142. The number of rotatable bonds is 8. The molecule has 0 unspecified atom stereocenters. The van der Waals surface area contributed by atoms with Crippen LogP contribution in [0.1, 0.15) is 12.8 Å². The first kappa shape index (κ1) is 21.2. The number of hydrogen-bond donors (Lipinski definition) is 0. The molecule has 133 valence electrons. The molecule has 12 heteroatoms. The summed E-state index contributed by atoms with van der Waals surface area (Å²) in [7, 11) is 0. The molecule has 0 N–H and O–H groups in total. The molecule has 0 fully saturated rings. The molecule has 0 aromatic rings. The Labute approximate surface area is 117 Å². The van der Waals surface area contributed by atoms with Gasteiger partial charge in [-0.05, 0) is 6.42 Å². The Bertz CT molecular complexity index is 360. The van der Waals surface area contributed by atoms with Crippen LogP contribution in [0, 0.1) is 6.92 Å². The van der Waals surface area contributed by atoms with E-state index in [4.69, 9.17) is 0 Å². The highest BCUT2D eigenvalue weighted by Crippen LogP contribution is 2.57. The van der Waals surface area contributed by atoms with Crippen LogP contribution in [0.15, 0.2) is 0 Å². The van der Waals surface area contributed by atoms with E-state index < -0.39 is 42.9 Å². The molecule has 22 heavy (non-hydrogen) atoms. The summed E-state index contributed by atoms with van der Waals surface area (Å²) in [6, 6.07) is 0. The molecule has 0 saturated heterocycles. The SMILES string of the molecule is [CH2]CCOCCC(F)(F)C(F)(F)C(F)(F)C(F)(F)C(F)(F)F. The van der Waals surface area contributed by atoms with Gasteiger partial charge in [-0.2, -0.15) is 48.3 Å². The van der Waals surface area contributed by atoms with E-state index in [9.17, 15) is 48.3 Å². The fourth-order valence-corrected chi connectivity index (χ4v) is 1.17. The van der Waals surface area contributed by atoms with Crippen molar-refractivity contribution in [3.63, 3.8) is 0 Å². The maximum Gasteiger partial charge on any atom is 0.460 e. The Kier molecular flexibility index (Phi) is 6.13. The average molecular weight is 355 g/mol. The standard InChI is InChI=1S/C10H10F11O/c1-2-4-22-5-3-6(11,12)7(13,14)8(15,16)9(17,18)10(19,20)21/h1-5H2. The Balaban J connectivity index is 5.41. The normalized spacial score (nSPS) is 15.3. The van der Waals surface area contributed by atoms with Crippen molar-refractivity contribution < 1.29 is 53.0 Å². The van der Waals surface area contributed by atoms with Crippen LogP contribution in [0.2, 0.25) is 0 Å². The Morgan fingerprint density at radius 2 is 1.09 bits per heavy atom. The maximum absolute atomic E-state index is 13.0. The van der Waals surface area contributed by atoms with Crippen molar-refractivity contribution in [2.75, 3.05) is 13.2 Å². The van der Waals surface area contributed by atoms with Gasteiger partial charge in [0.1, 0.15) is 0 Å². The minimum Gasteiger partial charge on any atom is -0.381 e. The third-order valence-electron chi connectivity index (χ3n) is 2.45. The molecule has 0 spiro atoms. The molecular formula is C10H10F11O. The van der Waals surface area contributed by atoms with Gasteiger partial charge in [0, 0.05) is 13.0 Å². The van der Waals surface area contributed by atoms with E-state index in [0.29, 0.717) is 0 Å². The summed E-state index contributed by atoms with van der Waals surface area (Å²) in [5, 5.41) is 0. The molecule has 0 aromatic carbocycles. The number of hydrogen-bond acceptors (Lipinski definition) is 1. The van der Waals surface area contributed by atoms with Crippen LogP contribution in [0.3, 0.4) is 0 Å². The quantitative estimate of drug-likeness (QED) is 0.452. The second-order valence-electron chi connectivity index (χ2n) is 4.14. The van der Waals surface area contributed by atoms with Crippen molar-refractivity contribution in [3.05, 3.63) is 6.92 Å². The maximum atomic E-state index is 13.0. The molecule has 0 rings (SSSR count). The van der Waals surface area contributed by atoms with Crippen molar-refractivity contribution in [3.8, 4) is 0 Å². The summed E-state index contributed by atoms with van der Waals surface area (Å²) >= 11 is 0. The summed E-state index contributed by atoms with van der Waals surface area (Å²) in [6.07, 6.45) is -9.31. The van der Waals surface area contributed by atoms with Gasteiger partial charge in [0.15, 0.2) is 0 Å². The molecular weight excluding hydrogens is 345 g/mol. The first-order valence-electron chi connectivity index (χ1n) is 5.51. The molecule has 0 amide bonds.